The van der Waals surface area contributed by atoms with Crippen molar-refractivity contribution in [3.63, 3.8) is 0 Å². The molecule has 3 amide bonds. The quantitative estimate of drug-likeness (QED) is 0.00854. The van der Waals surface area contributed by atoms with E-state index in [1.54, 1.807) is 0 Å². The number of non-ortho nitro benzene ring substituents is 1. The molecule has 0 aromatic heterocycles. The maximum absolute atomic E-state index is 12.9. The highest BCUT2D eigenvalue weighted by Crippen LogP contribution is 2.38. The number of aliphatic carboxylic acids is 1. The van der Waals surface area contributed by atoms with Crippen molar-refractivity contribution in [1.29, 1.82) is 0 Å². The van der Waals surface area contributed by atoms with Crippen molar-refractivity contribution in [3.05, 3.63) is 47.0 Å². The van der Waals surface area contributed by atoms with Crippen molar-refractivity contribution >= 4 is 35.3 Å². The van der Waals surface area contributed by atoms with Gasteiger partial charge in [0.1, 0.15) is 72.9 Å². The molecule has 0 saturated carbocycles. The van der Waals surface area contributed by atoms with Crippen LogP contribution in [-0.2, 0) is 52.4 Å². The Morgan fingerprint density at radius 2 is 1.47 bits per heavy atom. The smallest absolute Gasteiger partial charge is 0.364 e. The van der Waals surface area contributed by atoms with Crippen LogP contribution in [0.25, 0.3) is 0 Å². The van der Waals surface area contributed by atoms with Gasteiger partial charge in [-0.05, 0) is 37.8 Å². The Bertz CT molecular complexity index is 2060. The number of carbonyl (C=O) groups excluding carboxylic acids is 4. The highest BCUT2D eigenvalue weighted by Gasteiger charge is 2.60. The van der Waals surface area contributed by atoms with Crippen molar-refractivity contribution in [2.24, 2.45) is 0 Å². The van der Waals surface area contributed by atoms with E-state index in [4.69, 9.17) is 33.2 Å². The SMILES string of the molecule is C=C[C@@H](O)[C@H](CO[C@@H]1O[C@H](CO)[C@@H](O[C@@H]2O[C@H](CO)[C@H](O)[C@H](O[C@]3(C(=O)O)C[C@H](O)[C@@H](NC(C)=O)[C@H]([C@H](O)[C@H](O)CO)O3)[C@H]2O)[C@H](O)[C@H]1O)NC(=O)CCCCCNC(=O)CCCCC(=O)Oc1ccc([N+](=O)[O-])cc1. The summed E-state index contributed by atoms with van der Waals surface area (Å²) in [6.45, 7) is 1.17. The van der Waals surface area contributed by atoms with Gasteiger partial charge in [0.2, 0.25) is 17.7 Å². The normalized spacial score (nSPS) is 31.2. The zero-order chi connectivity index (χ0) is 56.4. The van der Waals surface area contributed by atoms with Crippen LogP contribution in [0.4, 0.5) is 5.69 Å². The summed E-state index contributed by atoms with van der Waals surface area (Å²) in [7, 11) is 0. The van der Waals surface area contributed by atoms with Gasteiger partial charge in [-0.25, -0.2) is 4.79 Å². The summed E-state index contributed by atoms with van der Waals surface area (Å²) in [5, 5.41) is 146. The summed E-state index contributed by atoms with van der Waals surface area (Å²) in [6.07, 6.45) is -27.0. The zero-order valence-corrected chi connectivity index (χ0v) is 41.3. The second kappa shape index (κ2) is 30.3. The molecule has 76 heavy (non-hydrogen) atoms. The second-order valence-corrected chi connectivity index (χ2v) is 18.3. The molecule has 3 saturated heterocycles. The van der Waals surface area contributed by atoms with E-state index in [0.717, 1.165) is 13.0 Å². The molecule has 3 fully saturated rings. The molecular weight excluding hydrogens is 1020 g/mol. The topological polar surface area (TPSA) is 472 Å². The Hall–Kier alpha value is -4.97. The highest BCUT2D eigenvalue weighted by atomic mass is 16.8. The maximum Gasteiger partial charge on any atom is 0.364 e. The molecule has 3 aliphatic heterocycles. The Labute approximate surface area is 434 Å². The van der Waals surface area contributed by atoms with Gasteiger partial charge in [-0.1, -0.05) is 12.5 Å². The van der Waals surface area contributed by atoms with Crippen LogP contribution in [0.1, 0.15) is 64.7 Å². The van der Waals surface area contributed by atoms with Crippen molar-refractivity contribution in [1.82, 2.24) is 16.0 Å². The number of rotatable bonds is 30. The predicted octanol–water partition coefficient (Wildman–Crippen LogP) is -5.42. The Morgan fingerprint density at radius 1 is 0.842 bits per heavy atom. The summed E-state index contributed by atoms with van der Waals surface area (Å²) < 4.78 is 38.9. The molecule has 3 heterocycles. The Balaban J connectivity index is 1.27. The first-order chi connectivity index (χ1) is 36.0. The van der Waals surface area contributed by atoms with E-state index in [1.165, 1.54) is 24.3 Å². The van der Waals surface area contributed by atoms with Crippen LogP contribution in [0.3, 0.4) is 0 Å². The van der Waals surface area contributed by atoms with Gasteiger partial charge in [-0.15, -0.1) is 6.58 Å². The third kappa shape index (κ3) is 17.5. The van der Waals surface area contributed by atoms with Crippen molar-refractivity contribution in [2.75, 3.05) is 33.0 Å². The number of aliphatic hydroxyl groups is 11. The van der Waals surface area contributed by atoms with E-state index >= 15 is 0 Å². The number of nitrogens with one attached hydrogen (secondary N) is 3. The first-order valence-electron chi connectivity index (χ1n) is 24.4. The third-order valence-electron chi connectivity index (χ3n) is 12.6. The van der Waals surface area contributed by atoms with E-state index in [-0.39, 0.29) is 36.6 Å². The number of ether oxygens (including phenoxy) is 7. The standard InChI is InChI=1S/C46H70N4O26/c1-3-26(55)25(49-32(59)10-5-4-8-16-47-31(58)9-6-7-11-33(60)71-24-14-12-23(13-15-24)50(68)69)21-70-43-38(64)37(63)40(30(20-53)73-43)74-44-39(65)42(36(62)29(19-52)72-44)76-46(45(66)67)17-27(56)34(48-22(2)54)41(75-46)35(61)28(57)18-51/h3,12-15,25-30,34-44,51-53,55-57,61-65H,1,4-11,16-21H2,2H3,(H,47,58)(H,48,54)(H,49,59)(H,66,67)/t25-,26+,27-,28+,29+,30+,34+,35+,36-,37+,38+,39+,40+,41+,42-,43+,44-,46-/m0/s1. The van der Waals surface area contributed by atoms with E-state index in [0.29, 0.717) is 38.6 Å². The number of amides is 3. The van der Waals surface area contributed by atoms with E-state index in [9.17, 15) is 95.4 Å². The number of unbranched alkanes of at least 4 members (excludes halogenated alkanes) is 3. The highest BCUT2D eigenvalue weighted by molar-refractivity contribution is 5.77. The van der Waals surface area contributed by atoms with Crippen LogP contribution in [0.2, 0.25) is 0 Å². The van der Waals surface area contributed by atoms with Gasteiger partial charge in [0.15, 0.2) is 12.6 Å². The van der Waals surface area contributed by atoms with Gasteiger partial charge in [0.05, 0.1) is 55.6 Å². The Kier molecular flexibility index (Phi) is 25.3. The van der Waals surface area contributed by atoms with Crippen molar-refractivity contribution in [3.8, 4) is 5.75 Å². The number of hydrogen-bond acceptors (Lipinski definition) is 25. The van der Waals surface area contributed by atoms with Gasteiger partial charge >= 0.3 is 11.9 Å². The molecule has 18 atom stereocenters. The lowest BCUT2D eigenvalue weighted by Crippen LogP contribution is -2.70. The number of carboxylic acid groups (broad SMARTS) is 1. The lowest BCUT2D eigenvalue weighted by atomic mass is 9.88. The number of nitrogens with zero attached hydrogens (tertiary/aromatic N) is 1. The molecule has 0 radical (unpaired) electrons. The van der Waals surface area contributed by atoms with Crippen molar-refractivity contribution in [2.45, 2.75) is 175 Å². The molecule has 4 rings (SSSR count). The fourth-order valence-corrected chi connectivity index (χ4v) is 8.43. The number of hydrogen-bond donors (Lipinski definition) is 15. The molecular formula is C46H70N4O26. The first kappa shape index (κ1) is 63.6. The first-order valence-corrected chi connectivity index (χ1v) is 24.4. The molecule has 430 valence electrons. The summed E-state index contributed by atoms with van der Waals surface area (Å²) in [4.78, 5) is 72.2. The molecule has 15 N–H and O–H groups in total. The minimum atomic E-state index is -3.11. The lowest BCUT2D eigenvalue weighted by Gasteiger charge is -2.50. The minimum absolute atomic E-state index is 0.0178. The van der Waals surface area contributed by atoms with Gasteiger partial charge in [0, 0.05) is 51.3 Å². The molecule has 30 nitrogen and oxygen atoms in total. The zero-order valence-electron chi connectivity index (χ0n) is 41.3. The second-order valence-electron chi connectivity index (χ2n) is 18.3. The number of esters is 1. The fourth-order valence-electron chi connectivity index (χ4n) is 8.43. The molecule has 3 aliphatic rings. The van der Waals surface area contributed by atoms with E-state index in [2.05, 4.69) is 22.5 Å². The fraction of sp³-hybridized carbons (Fsp3) is 0.717. The summed E-state index contributed by atoms with van der Waals surface area (Å²) >= 11 is 0. The largest absolute Gasteiger partial charge is 0.477 e. The lowest BCUT2D eigenvalue weighted by molar-refractivity contribution is -0.386. The number of aliphatic hydroxyl groups excluding tert-OH is 11. The minimum Gasteiger partial charge on any atom is -0.477 e. The monoisotopic (exact) mass is 1090 g/mol. The van der Waals surface area contributed by atoms with E-state index in [1.807, 2.05) is 0 Å². The number of carbonyl (C=O) groups is 5. The van der Waals surface area contributed by atoms with Crippen LogP contribution in [0.15, 0.2) is 36.9 Å². The van der Waals surface area contributed by atoms with Gasteiger partial charge in [-0.3, -0.25) is 29.3 Å². The van der Waals surface area contributed by atoms with Crippen LogP contribution in [0.5, 0.6) is 5.75 Å². The average molecular weight is 1100 g/mol. The molecule has 1 aromatic carbocycles. The van der Waals surface area contributed by atoms with Gasteiger partial charge < -0.3 is 110 Å². The number of nitro benzene ring substituents is 1. The summed E-state index contributed by atoms with van der Waals surface area (Å²) in [6, 6.07) is 2.24. The summed E-state index contributed by atoms with van der Waals surface area (Å²) in [5.41, 5.74) is -0.148. The van der Waals surface area contributed by atoms with Gasteiger partial charge in [0.25, 0.3) is 11.5 Å². The third-order valence-corrected chi connectivity index (χ3v) is 12.6. The summed E-state index contributed by atoms with van der Waals surface area (Å²) in [5.74, 6) is -7.08. The number of nitro groups is 1. The number of benzene rings is 1. The van der Waals surface area contributed by atoms with Crippen molar-refractivity contribution < 1.29 is 123 Å². The molecule has 30 heteroatoms. The van der Waals surface area contributed by atoms with Crippen LogP contribution < -0.4 is 20.7 Å². The Morgan fingerprint density at radius 3 is 2.08 bits per heavy atom. The molecule has 0 aliphatic carbocycles. The van der Waals surface area contributed by atoms with Gasteiger partial charge in [-0.2, -0.15) is 0 Å². The molecule has 0 bridgehead atoms. The molecule has 0 spiro atoms. The maximum atomic E-state index is 12.9. The van der Waals surface area contributed by atoms with Crippen LogP contribution >= 0.6 is 0 Å². The average Bonchev–Trinajstić information content (AvgIpc) is 3.38. The van der Waals surface area contributed by atoms with Crippen LogP contribution in [0, 0.1) is 10.1 Å². The van der Waals surface area contributed by atoms with Crippen LogP contribution in [-0.4, -0.2) is 239 Å². The molecule has 0 unspecified atom stereocenters. The predicted molar refractivity (Wildman–Crippen MR) is 251 cm³/mol. The van der Waals surface area contributed by atoms with E-state index < -0.39 is 171 Å². The molecule has 1 aromatic rings. The number of carboxylic acids is 1.